The average molecular weight is 280 g/mol. The SMILES string of the molecule is CC(C)C1CNC2(CCCC2)CN1CC(C)C(C)(C)C. The van der Waals surface area contributed by atoms with E-state index in [1.165, 1.54) is 45.3 Å². The van der Waals surface area contributed by atoms with Crippen LogP contribution in [0.3, 0.4) is 0 Å². The topological polar surface area (TPSA) is 15.3 Å². The molecule has 1 saturated heterocycles. The standard InChI is InChI=1S/C18H36N2/c1-14(2)16-11-19-18(9-7-8-10-18)13-20(16)12-15(3)17(4,5)6/h14-16,19H,7-13H2,1-6H3. The molecule has 1 aliphatic heterocycles. The Bertz CT molecular complexity index is 310. The Balaban J connectivity index is 2.07. The first-order chi connectivity index (χ1) is 9.23. The van der Waals surface area contributed by atoms with Gasteiger partial charge in [-0.05, 0) is 30.1 Å². The molecule has 2 rings (SSSR count). The van der Waals surface area contributed by atoms with Crippen LogP contribution in [-0.4, -0.2) is 36.1 Å². The quantitative estimate of drug-likeness (QED) is 0.843. The molecule has 1 spiro atoms. The van der Waals surface area contributed by atoms with Crippen molar-refractivity contribution in [3.8, 4) is 0 Å². The minimum absolute atomic E-state index is 0.412. The molecule has 0 aromatic heterocycles. The molecule has 2 nitrogen and oxygen atoms in total. The Kier molecular flexibility index (Phi) is 4.86. The fraction of sp³-hybridized carbons (Fsp3) is 1.00. The van der Waals surface area contributed by atoms with Crippen LogP contribution >= 0.6 is 0 Å². The molecule has 0 radical (unpaired) electrons. The fourth-order valence-electron chi connectivity index (χ4n) is 3.88. The van der Waals surface area contributed by atoms with E-state index in [0.29, 0.717) is 17.0 Å². The molecule has 2 atom stereocenters. The Hall–Kier alpha value is -0.0800. The molecule has 20 heavy (non-hydrogen) atoms. The van der Waals surface area contributed by atoms with Crippen molar-refractivity contribution in [3.63, 3.8) is 0 Å². The van der Waals surface area contributed by atoms with Gasteiger partial charge in [0.1, 0.15) is 0 Å². The summed E-state index contributed by atoms with van der Waals surface area (Å²) in [7, 11) is 0. The lowest BCUT2D eigenvalue weighted by Crippen LogP contribution is -2.65. The minimum atomic E-state index is 0.412. The summed E-state index contributed by atoms with van der Waals surface area (Å²) in [6.45, 7) is 18.1. The summed E-state index contributed by atoms with van der Waals surface area (Å²) in [4.78, 5) is 2.82. The van der Waals surface area contributed by atoms with Crippen LogP contribution < -0.4 is 5.32 Å². The summed E-state index contributed by atoms with van der Waals surface area (Å²) in [5, 5.41) is 3.93. The zero-order chi connectivity index (χ0) is 15.0. The predicted octanol–water partition coefficient (Wildman–Crippen LogP) is 3.91. The Morgan fingerprint density at radius 1 is 1.15 bits per heavy atom. The molecule has 0 bridgehead atoms. The molecule has 2 aliphatic rings. The predicted molar refractivity (Wildman–Crippen MR) is 88.0 cm³/mol. The van der Waals surface area contributed by atoms with E-state index in [1.807, 2.05) is 0 Å². The second-order valence-electron chi connectivity index (χ2n) is 8.88. The number of nitrogens with zero attached hydrogens (tertiary/aromatic N) is 1. The van der Waals surface area contributed by atoms with Gasteiger partial charge in [-0.1, -0.05) is 54.4 Å². The first-order valence-corrected chi connectivity index (χ1v) is 8.73. The maximum atomic E-state index is 3.93. The van der Waals surface area contributed by atoms with Crippen molar-refractivity contribution in [2.45, 2.75) is 78.8 Å². The molecule has 2 heteroatoms. The van der Waals surface area contributed by atoms with Crippen LogP contribution in [0.1, 0.15) is 67.2 Å². The van der Waals surface area contributed by atoms with Crippen molar-refractivity contribution < 1.29 is 0 Å². The van der Waals surface area contributed by atoms with E-state index in [1.54, 1.807) is 0 Å². The third kappa shape index (κ3) is 3.57. The van der Waals surface area contributed by atoms with Crippen LogP contribution in [0.4, 0.5) is 0 Å². The summed E-state index contributed by atoms with van der Waals surface area (Å²) in [6, 6.07) is 0.714. The highest BCUT2D eigenvalue weighted by atomic mass is 15.3. The van der Waals surface area contributed by atoms with Crippen LogP contribution in [0, 0.1) is 17.3 Å². The van der Waals surface area contributed by atoms with Gasteiger partial charge in [-0.15, -0.1) is 0 Å². The third-order valence-electron chi connectivity index (χ3n) is 5.98. The number of hydrogen-bond donors (Lipinski definition) is 1. The molecule has 118 valence electrons. The van der Waals surface area contributed by atoms with Crippen LogP contribution in [0.15, 0.2) is 0 Å². The summed E-state index contributed by atoms with van der Waals surface area (Å²) < 4.78 is 0. The minimum Gasteiger partial charge on any atom is -0.308 e. The van der Waals surface area contributed by atoms with Crippen molar-refractivity contribution in [1.82, 2.24) is 10.2 Å². The Labute approximate surface area is 126 Å². The molecule has 1 saturated carbocycles. The molecule has 0 amide bonds. The maximum absolute atomic E-state index is 3.93. The summed E-state index contributed by atoms with van der Waals surface area (Å²) in [6.07, 6.45) is 5.61. The maximum Gasteiger partial charge on any atom is 0.0309 e. The van der Waals surface area contributed by atoms with E-state index in [9.17, 15) is 0 Å². The van der Waals surface area contributed by atoms with E-state index < -0.39 is 0 Å². The van der Waals surface area contributed by atoms with E-state index >= 15 is 0 Å². The monoisotopic (exact) mass is 280 g/mol. The van der Waals surface area contributed by atoms with Gasteiger partial charge >= 0.3 is 0 Å². The van der Waals surface area contributed by atoms with E-state index in [0.717, 1.165) is 11.8 Å². The lowest BCUT2D eigenvalue weighted by atomic mass is 9.80. The van der Waals surface area contributed by atoms with Crippen LogP contribution in [-0.2, 0) is 0 Å². The molecule has 1 aliphatic carbocycles. The molecular formula is C18H36N2. The molecule has 2 fully saturated rings. The van der Waals surface area contributed by atoms with E-state index in [2.05, 4.69) is 51.8 Å². The number of piperazine rings is 1. The summed E-state index contributed by atoms with van der Waals surface area (Å²) in [5.41, 5.74) is 0.859. The highest BCUT2D eigenvalue weighted by molar-refractivity contribution is 5.02. The normalized spacial score (nSPS) is 29.2. The van der Waals surface area contributed by atoms with Crippen molar-refractivity contribution in [2.75, 3.05) is 19.6 Å². The van der Waals surface area contributed by atoms with Gasteiger partial charge in [-0.3, -0.25) is 4.90 Å². The van der Waals surface area contributed by atoms with Crippen LogP contribution in [0.2, 0.25) is 0 Å². The molecule has 1 N–H and O–H groups in total. The number of hydrogen-bond acceptors (Lipinski definition) is 2. The fourth-order valence-corrected chi connectivity index (χ4v) is 3.88. The molecular weight excluding hydrogens is 244 g/mol. The van der Waals surface area contributed by atoms with Gasteiger partial charge in [0.05, 0.1) is 0 Å². The van der Waals surface area contributed by atoms with Gasteiger partial charge in [0, 0.05) is 31.2 Å². The highest BCUT2D eigenvalue weighted by Gasteiger charge is 2.42. The van der Waals surface area contributed by atoms with Crippen molar-refractivity contribution in [3.05, 3.63) is 0 Å². The molecule has 1 heterocycles. The molecule has 0 aromatic rings. The zero-order valence-electron chi connectivity index (χ0n) is 14.6. The lowest BCUT2D eigenvalue weighted by Gasteiger charge is -2.49. The van der Waals surface area contributed by atoms with Gasteiger partial charge in [0.25, 0.3) is 0 Å². The zero-order valence-corrected chi connectivity index (χ0v) is 14.6. The van der Waals surface area contributed by atoms with Crippen LogP contribution in [0.5, 0.6) is 0 Å². The van der Waals surface area contributed by atoms with E-state index in [-0.39, 0.29) is 0 Å². The molecule has 0 aromatic carbocycles. The first-order valence-electron chi connectivity index (χ1n) is 8.73. The van der Waals surface area contributed by atoms with Crippen molar-refractivity contribution in [2.24, 2.45) is 17.3 Å². The molecule has 2 unspecified atom stereocenters. The second-order valence-corrected chi connectivity index (χ2v) is 8.88. The Morgan fingerprint density at radius 2 is 1.75 bits per heavy atom. The van der Waals surface area contributed by atoms with Gasteiger partial charge in [-0.25, -0.2) is 0 Å². The van der Waals surface area contributed by atoms with Crippen LogP contribution in [0.25, 0.3) is 0 Å². The average Bonchev–Trinajstić information content (AvgIpc) is 2.75. The van der Waals surface area contributed by atoms with Gasteiger partial charge in [0.2, 0.25) is 0 Å². The van der Waals surface area contributed by atoms with Gasteiger partial charge < -0.3 is 5.32 Å². The van der Waals surface area contributed by atoms with E-state index in [4.69, 9.17) is 0 Å². The van der Waals surface area contributed by atoms with Gasteiger partial charge in [0.15, 0.2) is 0 Å². The number of nitrogens with one attached hydrogen (secondary N) is 1. The Morgan fingerprint density at radius 3 is 2.25 bits per heavy atom. The van der Waals surface area contributed by atoms with Gasteiger partial charge in [-0.2, -0.15) is 0 Å². The van der Waals surface area contributed by atoms with Crippen molar-refractivity contribution in [1.29, 1.82) is 0 Å². The second kappa shape index (κ2) is 5.96. The third-order valence-corrected chi connectivity index (χ3v) is 5.98. The number of rotatable bonds is 3. The first kappa shape index (κ1) is 16.3. The lowest BCUT2D eigenvalue weighted by molar-refractivity contribution is 0.0304. The van der Waals surface area contributed by atoms with Crippen molar-refractivity contribution >= 4 is 0 Å². The highest BCUT2D eigenvalue weighted by Crippen LogP contribution is 2.36. The summed E-state index contributed by atoms with van der Waals surface area (Å²) in [5.74, 6) is 1.49. The smallest absolute Gasteiger partial charge is 0.0309 e. The largest absolute Gasteiger partial charge is 0.308 e. The summed E-state index contributed by atoms with van der Waals surface area (Å²) >= 11 is 0.